The van der Waals surface area contributed by atoms with E-state index in [0.29, 0.717) is 5.56 Å². The Morgan fingerprint density at radius 1 is 1.30 bits per heavy atom. The van der Waals surface area contributed by atoms with Crippen molar-refractivity contribution in [3.63, 3.8) is 0 Å². The van der Waals surface area contributed by atoms with Crippen molar-refractivity contribution in [3.8, 4) is 11.3 Å². The average molecular weight is 298 g/mol. The van der Waals surface area contributed by atoms with Gasteiger partial charge in [0.1, 0.15) is 16.0 Å². The molecule has 0 saturated carbocycles. The van der Waals surface area contributed by atoms with Crippen LogP contribution in [-0.4, -0.2) is 32.0 Å². The Bertz CT molecular complexity index is 753. The smallest absolute Gasteiger partial charge is 0.188 e. The zero-order valence-corrected chi connectivity index (χ0v) is 11.1. The van der Waals surface area contributed by atoms with Gasteiger partial charge in [-0.1, -0.05) is 5.16 Å². The van der Waals surface area contributed by atoms with Crippen LogP contribution in [0.15, 0.2) is 33.7 Å². The second-order valence-corrected chi connectivity index (χ2v) is 6.66. The summed E-state index contributed by atoms with van der Waals surface area (Å²) in [6.45, 7) is 0.199. The van der Waals surface area contributed by atoms with Gasteiger partial charge >= 0.3 is 0 Å². The van der Waals surface area contributed by atoms with Gasteiger partial charge < -0.3 is 15.0 Å². The Morgan fingerprint density at radius 2 is 2.05 bits per heavy atom. The monoisotopic (exact) mass is 298 g/mol. The predicted octanol–water partition coefficient (Wildman–Crippen LogP) is 1.24. The van der Waals surface area contributed by atoms with E-state index in [-0.39, 0.29) is 29.7 Å². The average Bonchev–Trinajstić information content (AvgIpc) is 2.72. The number of nitrogens with zero attached hydrogens (tertiary/aromatic N) is 1. The van der Waals surface area contributed by atoms with Crippen LogP contribution >= 0.6 is 0 Å². The SMILES string of the molecule is Nc1cc(-c2ccc(S(=O)(=O)C3COC3)c(F)c2)on1. The van der Waals surface area contributed by atoms with Crippen LogP contribution in [0.3, 0.4) is 0 Å². The quantitative estimate of drug-likeness (QED) is 0.915. The third-order valence-electron chi connectivity index (χ3n) is 3.10. The minimum absolute atomic E-state index is 0.0994. The van der Waals surface area contributed by atoms with Crippen molar-refractivity contribution in [3.05, 3.63) is 30.1 Å². The molecule has 0 bridgehead atoms. The molecule has 0 amide bonds. The van der Waals surface area contributed by atoms with Gasteiger partial charge in [-0.15, -0.1) is 0 Å². The van der Waals surface area contributed by atoms with Crippen molar-refractivity contribution in [1.29, 1.82) is 0 Å². The lowest BCUT2D eigenvalue weighted by Gasteiger charge is -2.25. The maximum Gasteiger partial charge on any atom is 0.188 e. The molecule has 0 atom stereocenters. The fraction of sp³-hybridized carbons (Fsp3) is 0.250. The van der Waals surface area contributed by atoms with Crippen LogP contribution in [0.25, 0.3) is 11.3 Å². The van der Waals surface area contributed by atoms with Gasteiger partial charge in [-0.25, -0.2) is 12.8 Å². The molecule has 1 aromatic carbocycles. The molecule has 2 aromatic rings. The van der Waals surface area contributed by atoms with Crippen LogP contribution in [0.5, 0.6) is 0 Å². The van der Waals surface area contributed by atoms with E-state index in [0.717, 1.165) is 6.07 Å². The number of anilines is 1. The molecule has 2 heterocycles. The molecule has 6 nitrogen and oxygen atoms in total. The molecule has 0 aliphatic carbocycles. The minimum Gasteiger partial charge on any atom is -0.381 e. The zero-order chi connectivity index (χ0) is 14.3. The summed E-state index contributed by atoms with van der Waals surface area (Å²) < 4.78 is 48.0. The fourth-order valence-electron chi connectivity index (χ4n) is 1.88. The molecule has 1 aromatic heterocycles. The standard InChI is InChI=1S/C12H11FN2O4S/c13-9-3-7(10-4-12(14)15-19-10)1-2-11(9)20(16,17)8-5-18-6-8/h1-4,8H,5-6H2,(H2,14,15). The highest BCUT2D eigenvalue weighted by atomic mass is 32.2. The van der Waals surface area contributed by atoms with E-state index in [2.05, 4.69) is 5.16 Å². The van der Waals surface area contributed by atoms with E-state index < -0.39 is 20.9 Å². The third-order valence-corrected chi connectivity index (χ3v) is 5.19. The second kappa shape index (κ2) is 4.57. The molecular weight excluding hydrogens is 287 g/mol. The Morgan fingerprint density at radius 3 is 2.55 bits per heavy atom. The van der Waals surface area contributed by atoms with Gasteiger partial charge in [-0.05, 0) is 18.2 Å². The van der Waals surface area contributed by atoms with E-state index >= 15 is 0 Å². The summed E-state index contributed by atoms with van der Waals surface area (Å²) in [6, 6.07) is 5.20. The molecule has 8 heteroatoms. The van der Waals surface area contributed by atoms with Crippen LogP contribution in [0, 0.1) is 5.82 Å². The normalized spacial score (nSPS) is 16.1. The molecule has 3 rings (SSSR count). The molecule has 106 valence electrons. The summed E-state index contributed by atoms with van der Waals surface area (Å²) in [4.78, 5) is -0.331. The van der Waals surface area contributed by atoms with Crippen LogP contribution in [0.1, 0.15) is 0 Å². The summed E-state index contributed by atoms with van der Waals surface area (Å²) in [7, 11) is -3.70. The lowest BCUT2D eigenvalue weighted by Crippen LogP contribution is -2.40. The number of benzene rings is 1. The topological polar surface area (TPSA) is 95.4 Å². The number of halogens is 1. The molecule has 2 N–H and O–H groups in total. The third kappa shape index (κ3) is 2.06. The Labute approximate surface area is 114 Å². The maximum absolute atomic E-state index is 14.0. The highest BCUT2D eigenvalue weighted by Crippen LogP contribution is 2.28. The van der Waals surface area contributed by atoms with Gasteiger partial charge in [0.25, 0.3) is 0 Å². The van der Waals surface area contributed by atoms with Crippen molar-refractivity contribution in [2.24, 2.45) is 0 Å². The first kappa shape index (κ1) is 13.1. The molecule has 0 spiro atoms. The highest BCUT2D eigenvalue weighted by molar-refractivity contribution is 7.92. The molecule has 1 fully saturated rings. The number of hydrogen-bond donors (Lipinski definition) is 1. The zero-order valence-electron chi connectivity index (χ0n) is 10.2. The van der Waals surface area contributed by atoms with Gasteiger partial charge in [0.05, 0.1) is 13.2 Å². The van der Waals surface area contributed by atoms with Crippen LogP contribution in [0.4, 0.5) is 10.2 Å². The van der Waals surface area contributed by atoms with E-state index in [4.69, 9.17) is 15.0 Å². The first-order valence-electron chi connectivity index (χ1n) is 5.82. The number of nitrogen functional groups attached to an aromatic ring is 1. The number of nitrogens with two attached hydrogens (primary N) is 1. The number of sulfone groups is 1. The van der Waals surface area contributed by atoms with Crippen molar-refractivity contribution >= 4 is 15.7 Å². The molecular formula is C12H11FN2O4S. The van der Waals surface area contributed by atoms with Gasteiger partial charge in [0.15, 0.2) is 21.4 Å². The highest BCUT2D eigenvalue weighted by Gasteiger charge is 2.35. The minimum atomic E-state index is -3.70. The largest absolute Gasteiger partial charge is 0.381 e. The lowest BCUT2D eigenvalue weighted by atomic mass is 10.2. The number of ether oxygens (including phenoxy) is 1. The summed E-state index contributed by atoms with van der Waals surface area (Å²) in [5.74, 6) is -0.384. The van der Waals surface area contributed by atoms with E-state index in [9.17, 15) is 12.8 Å². The summed E-state index contributed by atoms with van der Waals surface area (Å²) in [5, 5.41) is 2.81. The molecule has 0 radical (unpaired) electrons. The lowest BCUT2D eigenvalue weighted by molar-refractivity contribution is 0.0415. The van der Waals surface area contributed by atoms with E-state index in [1.165, 1.54) is 18.2 Å². The van der Waals surface area contributed by atoms with Gasteiger partial charge in [0.2, 0.25) is 0 Å². The maximum atomic E-state index is 14.0. The summed E-state index contributed by atoms with van der Waals surface area (Å²) in [5.41, 5.74) is 5.78. The molecule has 0 unspecified atom stereocenters. The molecule has 20 heavy (non-hydrogen) atoms. The number of aromatic nitrogens is 1. The first-order valence-corrected chi connectivity index (χ1v) is 7.37. The first-order chi connectivity index (χ1) is 9.48. The fourth-order valence-corrected chi connectivity index (χ4v) is 3.38. The number of hydrogen-bond acceptors (Lipinski definition) is 6. The van der Waals surface area contributed by atoms with Crippen molar-refractivity contribution in [1.82, 2.24) is 5.16 Å². The van der Waals surface area contributed by atoms with Crippen molar-refractivity contribution < 1.29 is 22.1 Å². The molecule has 1 saturated heterocycles. The number of rotatable bonds is 3. The van der Waals surface area contributed by atoms with Crippen LogP contribution < -0.4 is 5.73 Å². The van der Waals surface area contributed by atoms with Crippen LogP contribution in [0.2, 0.25) is 0 Å². The summed E-state index contributed by atoms with van der Waals surface area (Å²) in [6.07, 6.45) is 0. The van der Waals surface area contributed by atoms with E-state index in [1.807, 2.05) is 0 Å². The van der Waals surface area contributed by atoms with Crippen LogP contribution in [-0.2, 0) is 14.6 Å². The Balaban J connectivity index is 1.99. The molecule has 1 aliphatic rings. The van der Waals surface area contributed by atoms with E-state index in [1.54, 1.807) is 0 Å². The van der Waals surface area contributed by atoms with Crippen molar-refractivity contribution in [2.45, 2.75) is 10.1 Å². The van der Waals surface area contributed by atoms with Gasteiger partial charge in [-0.3, -0.25) is 0 Å². The summed E-state index contributed by atoms with van der Waals surface area (Å²) >= 11 is 0. The Hall–Kier alpha value is -1.93. The Kier molecular flexibility index (Phi) is 2.98. The molecule has 1 aliphatic heterocycles. The van der Waals surface area contributed by atoms with Crippen molar-refractivity contribution in [2.75, 3.05) is 18.9 Å². The van der Waals surface area contributed by atoms with Gasteiger partial charge in [-0.2, -0.15) is 0 Å². The predicted molar refractivity (Wildman–Crippen MR) is 68.1 cm³/mol. The van der Waals surface area contributed by atoms with Gasteiger partial charge in [0, 0.05) is 11.6 Å². The second-order valence-electron chi connectivity index (χ2n) is 4.47.